The molecule has 0 saturated heterocycles. The van der Waals surface area contributed by atoms with Crippen molar-refractivity contribution in [2.24, 2.45) is 0 Å². The molecule has 1 aromatic rings. The van der Waals surface area contributed by atoms with Gasteiger partial charge < -0.3 is 20.4 Å². The second kappa shape index (κ2) is 7.52. The van der Waals surface area contributed by atoms with Crippen molar-refractivity contribution in [1.29, 1.82) is 21.0 Å². The van der Waals surface area contributed by atoms with Crippen LogP contribution in [-0.4, -0.2) is 20.4 Å². The Labute approximate surface area is 170 Å². The molecular formula is C20H12N6O4. The van der Waals surface area contributed by atoms with Gasteiger partial charge in [-0.25, -0.2) is 0 Å². The summed E-state index contributed by atoms with van der Waals surface area (Å²) in [5.74, 6) is -4.41. The molecule has 0 radical (unpaired) electrons. The van der Waals surface area contributed by atoms with Crippen molar-refractivity contribution in [3.8, 4) is 24.3 Å². The summed E-state index contributed by atoms with van der Waals surface area (Å²) in [6, 6.07) is 13.2. The van der Waals surface area contributed by atoms with Gasteiger partial charge in [-0.2, -0.15) is 21.0 Å². The van der Waals surface area contributed by atoms with Crippen LogP contribution in [0.5, 0.6) is 0 Å². The van der Waals surface area contributed by atoms with E-state index >= 15 is 0 Å². The number of allylic oxidation sites excluding steroid dienone is 4. The molecule has 0 aliphatic carbocycles. The maximum absolute atomic E-state index is 9.93. The minimum atomic E-state index is -1.04. The topological polar surface area (TPSA) is 200 Å². The van der Waals surface area contributed by atoms with Crippen molar-refractivity contribution in [1.82, 2.24) is 10.6 Å². The van der Waals surface area contributed by atoms with E-state index in [9.17, 15) is 41.5 Å². The number of nitrogens with zero attached hydrogens (tertiary/aromatic N) is 4. The molecule has 30 heavy (non-hydrogen) atoms. The third-order valence-electron chi connectivity index (χ3n) is 4.73. The zero-order valence-corrected chi connectivity index (χ0v) is 15.0. The number of nitriles is 4. The highest BCUT2D eigenvalue weighted by atomic mass is 16.3. The fourth-order valence-corrected chi connectivity index (χ4v) is 3.35. The Morgan fingerprint density at radius 1 is 0.533 bits per heavy atom. The Morgan fingerprint density at radius 2 is 0.767 bits per heavy atom. The van der Waals surface area contributed by atoms with Gasteiger partial charge in [-0.05, 0) is 11.1 Å². The van der Waals surface area contributed by atoms with Crippen molar-refractivity contribution in [3.05, 3.63) is 81.2 Å². The lowest BCUT2D eigenvalue weighted by molar-refractivity contribution is 0.294. The molecule has 0 spiro atoms. The molecule has 146 valence electrons. The average Bonchev–Trinajstić information content (AvgIpc) is 2.73. The molecule has 0 aromatic heterocycles. The third kappa shape index (κ3) is 2.97. The van der Waals surface area contributed by atoms with E-state index in [0.29, 0.717) is 11.1 Å². The van der Waals surface area contributed by atoms with E-state index < -0.39 is 35.4 Å². The van der Waals surface area contributed by atoms with E-state index in [2.05, 4.69) is 10.6 Å². The smallest absolute Gasteiger partial charge is 0.206 e. The lowest BCUT2D eigenvalue weighted by Crippen LogP contribution is -2.26. The maximum Gasteiger partial charge on any atom is 0.206 e. The number of benzene rings is 1. The lowest BCUT2D eigenvalue weighted by atomic mass is 9.80. The molecule has 0 fully saturated rings. The van der Waals surface area contributed by atoms with Gasteiger partial charge in [0.15, 0.2) is 0 Å². The molecule has 0 atom stereocenters. The highest BCUT2D eigenvalue weighted by Crippen LogP contribution is 2.39. The molecule has 2 heterocycles. The number of nitrogens with one attached hydrogen (secondary N) is 2. The first-order valence-electron chi connectivity index (χ1n) is 8.34. The Bertz CT molecular complexity index is 1060. The Balaban J connectivity index is 2.11. The summed E-state index contributed by atoms with van der Waals surface area (Å²) in [4.78, 5) is 0. The SMILES string of the molecule is N#CC1=C(O)NC(O)=C(C#N)C1c1ccc(C2C(C#N)=C(O)NC(O)=C2C#N)cc1. The highest BCUT2D eigenvalue weighted by Gasteiger charge is 2.35. The zero-order valence-electron chi connectivity index (χ0n) is 15.0. The summed E-state index contributed by atoms with van der Waals surface area (Å²) < 4.78 is 0. The zero-order chi connectivity index (χ0) is 22.0. The van der Waals surface area contributed by atoms with Gasteiger partial charge in [0.05, 0.1) is 11.8 Å². The molecule has 10 heteroatoms. The lowest BCUT2D eigenvalue weighted by Gasteiger charge is -2.25. The monoisotopic (exact) mass is 400 g/mol. The fraction of sp³-hybridized carbons (Fsp3) is 0.100. The van der Waals surface area contributed by atoms with Crippen molar-refractivity contribution >= 4 is 0 Å². The first-order valence-corrected chi connectivity index (χ1v) is 8.34. The molecule has 2 aliphatic heterocycles. The molecule has 1 aromatic carbocycles. The van der Waals surface area contributed by atoms with Gasteiger partial charge in [0.2, 0.25) is 23.5 Å². The average molecular weight is 400 g/mol. The number of rotatable bonds is 2. The molecule has 0 amide bonds. The van der Waals surface area contributed by atoms with E-state index in [0.717, 1.165) is 0 Å². The summed E-state index contributed by atoms with van der Waals surface area (Å²) in [5, 5.41) is 81.5. The van der Waals surface area contributed by atoms with E-state index in [1.165, 1.54) is 24.3 Å². The standard InChI is InChI=1S/C20H12N6O4/c21-5-11-15(12(6-22)18(28)25-17(11)27)9-1-2-10(4-3-9)16-13(7-23)19(29)26-20(30)14(16)8-24/h1-4,15-16,25-30H. The molecule has 0 saturated carbocycles. The molecule has 0 unspecified atom stereocenters. The van der Waals surface area contributed by atoms with Crippen LogP contribution in [0.15, 0.2) is 70.1 Å². The van der Waals surface area contributed by atoms with Gasteiger partial charge in [0.25, 0.3) is 0 Å². The minimum Gasteiger partial charge on any atom is -0.494 e. The summed E-state index contributed by atoms with van der Waals surface area (Å²) >= 11 is 0. The van der Waals surface area contributed by atoms with Crippen LogP contribution < -0.4 is 10.6 Å². The quantitative estimate of drug-likeness (QED) is 0.427. The van der Waals surface area contributed by atoms with Gasteiger partial charge in [-0.3, -0.25) is 10.6 Å². The third-order valence-corrected chi connectivity index (χ3v) is 4.73. The molecule has 6 N–H and O–H groups in total. The van der Waals surface area contributed by atoms with Crippen LogP contribution in [0.2, 0.25) is 0 Å². The van der Waals surface area contributed by atoms with Crippen molar-refractivity contribution in [2.75, 3.05) is 0 Å². The predicted molar refractivity (Wildman–Crippen MR) is 99.3 cm³/mol. The van der Waals surface area contributed by atoms with Crippen molar-refractivity contribution < 1.29 is 20.4 Å². The second-order valence-corrected chi connectivity index (χ2v) is 6.28. The summed E-state index contributed by atoms with van der Waals surface area (Å²) in [5.41, 5.74) is 0.0421. The van der Waals surface area contributed by atoms with Crippen LogP contribution in [0.1, 0.15) is 23.0 Å². The number of hydrogen-bond donors (Lipinski definition) is 6. The molecule has 10 nitrogen and oxygen atoms in total. The number of aliphatic hydroxyl groups is 4. The Morgan fingerprint density at radius 3 is 0.967 bits per heavy atom. The largest absolute Gasteiger partial charge is 0.494 e. The molecule has 3 rings (SSSR count). The van der Waals surface area contributed by atoms with Crippen LogP contribution >= 0.6 is 0 Å². The molecular weight excluding hydrogens is 388 g/mol. The molecule has 0 bridgehead atoms. The number of hydrogen-bond acceptors (Lipinski definition) is 10. The maximum atomic E-state index is 9.93. The van der Waals surface area contributed by atoms with Gasteiger partial charge in [-0.1, -0.05) is 24.3 Å². The summed E-state index contributed by atoms with van der Waals surface area (Å²) in [7, 11) is 0. The number of aliphatic hydroxyl groups excluding tert-OH is 4. The van der Waals surface area contributed by atoms with Gasteiger partial charge >= 0.3 is 0 Å². The van der Waals surface area contributed by atoms with Crippen LogP contribution in [0.25, 0.3) is 0 Å². The highest BCUT2D eigenvalue weighted by molar-refractivity contribution is 5.56. The fourth-order valence-electron chi connectivity index (χ4n) is 3.35. The Hall–Kier alpha value is -5.06. The van der Waals surface area contributed by atoms with E-state index in [4.69, 9.17) is 0 Å². The number of dihydropyridines is 2. The normalized spacial score (nSPS) is 17.5. The molecule has 2 aliphatic rings. The van der Waals surface area contributed by atoms with Gasteiger partial charge in [0, 0.05) is 0 Å². The van der Waals surface area contributed by atoms with Crippen LogP contribution in [-0.2, 0) is 0 Å². The van der Waals surface area contributed by atoms with E-state index in [-0.39, 0.29) is 22.3 Å². The predicted octanol–water partition coefficient (Wildman–Crippen LogP) is 2.23. The van der Waals surface area contributed by atoms with Crippen molar-refractivity contribution in [3.63, 3.8) is 0 Å². The van der Waals surface area contributed by atoms with Crippen LogP contribution in [0.3, 0.4) is 0 Å². The first-order chi connectivity index (χ1) is 14.4. The Kier molecular flexibility index (Phi) is 4.93. The van der Waals surface area contributed by atoms with E-state index in [1.54, 1.807) is 24.3 Å². The minimum absolute atomic E-state index is 0.176. The van der Waals surface area contributed by atoms with Crippen molar-refractivity contribution in [2.45, 2.75) is 11.8 Å². The summed E-state index contributed by atoms with van der Waals surface area (Å²) in [6.07, 6.45) is 0. The van der Waals surface area contributed by atoms with Gasteiger partial charge in [0.1, 0.15) is 46.6 Å². The van der Waals surface area contributed by atoms with E-state index in [1.807, 2.05) is 0 Å². The van der Waals surface area contributed by atoms with Crippen LogP contribution in [0.4, 0.5) is 0 Å². The first kappa shape index (κ1) is 19.7. The van der Waals surface area contributed by atoms with Gasteiger partial charge in [-0.15, -0.1) is 0 Å². The summed E-state index contributed by atoms with van der Waals surface area (Å²) in [6.45, 7) is 0. The van der Waals surface area contributed by atoms with Crippen LogP contribution in [0, 0.1) is 45.3 Å². The second-order valence-electron chi connectivity index (χ2n) is 6.28.